The summed E-state index contributed by atoms with van der Waals surface area (Å²) in [5, 5.41) is 10.9. The molecule has 0 amide bonds. The van der Waals surface area contributed by atoms with Gasteiger partial charge < -0.3 is 9.84 Å². The van der Waals surface area contributed by atoms with E-state index in [0.29, 0.717) is 6.61 Å². The van der Waals surface area contributed by atoms with Crippen molar-refractivity contribution in [3.63, 3.8) is 0 Å². The van der Waals surface area contributed by atoms with Gasteiger partial charge in [-0.3, -0.25) is 0 Å². The first-order chi connectivity index (χ1) is 9.38. The van der Waals surface area contributed by atoms with Gasteiger partial charge in [0.2, 0.25) is 0 Å². The van der Waals surface area contributed by atoms with E-state index in [-0.39, 0.29) is 0 Å². The molecule has 1 N–H and O–H groups in total. The monoisotopic (exact) mass is 291 g/mol. The van der Waals surface area contributed by atoms with Crippen molar-refractivity contribution in [3.05, 3.63) is 45.4 Å². The summed E-state index contributed by atoms with van der Waals surface area (Å²) in [6.07, 6.45) is 2.51. The van der Waals surface area contributed by atoms with E-state index in [1.807, 2.05) is 6.07 Å². The van der Waals surface area contributed by atoms with Gasteiger partial charge in [0.15, 0.2) is 0 Å². The molecule has 1 heterocycles. The van der Waals surface area contributed by atoms with Gasteiger partial charge in [-0.05, 0) is 38.8 Å². The Morgan fingerprint density at radius 3 is 2.45 bits per heavy atom. The summed E-state index contributed by atoms with van der Waals surface area (Å²) in [5.41, 5.74) is 1.49. The van der Waals surface area contributed by atoms with Crippen molar-refractivity contribution in [1.29, 1.82) is 0 Å². The summed E-state index contributed by atoms with van der Waals surface area (Å²) < 4.78 is 5.87. The van der Waals surface area contributed by atoms with Crippen molar-refractivity contribution in [2.45, 2.75) is 39.7 Å². The van der Waals surface area contributed by atoms with Gasteiger partial charge in [0, 0.05) is 12.6 Å². The summed E-state index contributed by atoms with van der Waals surface area (Å²) in [4.78, 5) is 5.23. The van der Waals surface area contributed by atoms with Gasteiger partial charge in [0.05, 0.1) is 22.1 Å². The van der Waals surface area contributed by atoms with Crippen molar-refractivity contribution >= 4 is 11.3 Å². The van der Waals surface area contributed by atoms with Crippen LogP contribution in [0.3, 0.4) is 0 Å². The topological polar surface area (TPSA) is 42.4 Å². The Labute approximate surface area is 124 Å². The van der Waals surface area contributed by atoms with Crippen molar-refractivity contribution in [3.8, 4) is 5.75 Å². The van der Waals surface area contributed by atoms with Crippen molar-refractivity contribution in [2.24, 2.45) is 0 Å². The average Bonchev–Trinajstić information content (AvgIpc) is 2.81. The lowest BCUT2D eigenvalue weighted by molar-refractivity contribution is 0.0823. The zero-order valence-electron chi connectivity index (χ0n) is 12.4. The molecule has 2 aromatic rings. The second kappa shape index (κ2) is 5.94. The molecule has 2 rings (SSSR count). The molecular weight excluding hydrogens is 270 g/mol. The molecule has 1 aromatic heterocycles. The fourth-order valence-electron chi connectivity index (χ4n) is 1.98. The fourth-order valence-corrected chi connectivity index (χ4v) is 2.88. The van der Waals surface area contributed by atoms with Crippen LogP contribution >= 0.6 is 11.3 Å². The molecule has 0 aliphatic heterocycles. The Balaban J connectivity index is 1.95. The van der Waals surface area contributed by atoms with E-state index >= 15 is 0 Å². The van der Waals surface area contributed by atoms with Gasteiger partial charge >= 0.3 is 0 Å². The summed E-state index contributed by atoms with van der Waals surface area (Å²) >= 11 is 1.54. The van der Waals surface area contributed by atoms with Crippen LogP contribution in [0, 0.1) is 13.8 Å². The first kappa shape index (κ1) is 15.0. The zero-order valence-corrected chi connectivity index (χ0v) is 13.3. The molecule has 0 saturated heterocycles. The Morgan fingerprint density at radius 2 is 1.90 bits per heavy atom. The minimum Gasteiger partial charge on any atom is -0.493 e. The summed E-state index contributed by atoms with van der Waals surface area (Å²) in [6.45, 7) is 8.26. The standard InChI is InChI=1S/C16H21NO2S/c1-11-6-5-7-12(2)15(11)19-9-8-14-17-10-13(20-14)16(3,4)18/h5-7,10,18H,8-9H2,1-4H3. The van der Waals surface area contributed by atoms with E-state index in [1.54, 1.807) is 31.4 Å². The number of para-hydroxylation sites is 1. The Bertz CT molecular complexity index is 564. The molecule has 0 unspecified atom stereocenters. The molecule has 108 valence electrons. The number of benzene rings is 1. The number of aromatic nitrogens is 1. The van der Waals surface area contributed by atoms with Crippen LogP contribution in [0.25, 0.3) is 0 Å². The van der Waals surface area contributed by atoms with Gasteiger partial charge in [-0.1, -0.05) is 18.2 Å². The summed E-state index contributed by atoms with van der Waals surface area (Å²) in [5.74, 6) is 0.965. The maximum absolute atomic E-state index is 9.92. The highest BCUT2D eigenvalue weighted by molar-refractivity contribution is 7.11. The van der Waals surface area contributed by atoms with Crippen molar-refractivity contribution in [2.75, 3.05) is 6.61 Å². The number of hydrogen-bond donors (Lipinski definition) is 1. The first-order valence-electron chi connectivity index (χ1n) is 6.74. The summed E-state index contributed by atoms with van der Waals surface area (Å²) in [6, 6.07) is 6.14. The molecule has 0 bridgehead atoms. The lowest BCUT2D eigenvalue weighted by Gasteiger charge is -2.13. The number of ether oxygens (including phenoxy) is 1. The lowest BCUT2D eigenvalue weighted by atomic mass is 10.1. The van der Waals surface area contributed by atoms with Crippen LogP contribution in [0.15, 0.2) is 24.4 Å². The fraction of sp³-hybridized carbons (Fsp3) is 0.438. The smallest absolute Gasteiger partial charge is 0.125 e. The highest BCUT2D eigenvalue weighted by atomic mass is 32.1. The van der Waals surface area contributed by atoms with Crippen LogP contribution in [0.2, 0.25) is 0 Å². The van der Waals surface area contributed by atoms with E-state index in [2.05, 4.69) is 31.0 Å². The van der Waals surface area contributed by atoms with Gasteiger partial charge in [0.1, 0.15) is 5.75 Å². The third kappa shape index (κ3) is 3.58. The quantitative estimate of drug-likeness (QED) is 0.915. The summed E-state index contributed by atoms with van der Waals surface area (Å²) in [7, 11) is 0. The maximum Gasteiger partial charge on any atom is 0.125 e. The first-order valence-corrected chi connectivity index (χ1v) is 7.56. The molecule has 0 aliphatic rings. The van der Waals surface area contributed by atoms with E-state index < -0.39 is 5.60 Å². The maximum atomic E-state index is 9.92. The van der Waals surface area contributed by atoms with E-state index in [0.717, 1.165) is 33.2 Å². The molecular formula is C16H21NO2S. The normalized spacial score (nSPS) is 11.7. The number of thiazole rings is 1. The van der Waals surface area contributed by atoms with Crippen molar-refractivity contribution < 1.29 is 9.84 Å². The highest BCUT2D eigenvalue weighted by Crippen LogP contribution is 2.26. The molecule has 20 heavy (non-hydrogen) atoms. The van der Waals surface area contributed by atoms with Gasteiger partial charge in [-0.2, -0.15) is 0 Å². The van der Waals surface area contributed by atoms with Crippen molar-refractivity contribution in [1.82, 2.24) is 4.98 Å². The predicted octanol–water partition coefficient (Wildman–Crippen LogP) is 3.61. The Morgan fingerprint density at radius 1 is 1.25 bits per heavy atom. The molecule has 0 saturated carbocycles. The number of rotatable bonds is 5. The van der Waals surface area contributed by atoms with Gasteiger partial charge in [-0.25, -0.2) is 4.98 Å². The Hall–Kier alpha value is -1.39. The molecule has 0 fully saturated rings. The highest BCUT2D eigenvalue weighted by Gasteiger charge is 2.19. The van der Waals surface area contributed by atoms with E-state index in [4.69, 9.17) is 4.74 Å². The van der Waals surface area contributed by atoms with Crippen LogP contribution in [0.4, 0.5) is 0 Å². The third-order valence-corrected chi connectivity index (χ3v) is 4.50. The van der Waals surface area contributed by atoms with Crippen LogP contribution in [-0.4, -0.2) is 16.7 Å². The number of aryl methyl sites for hydroxylation is 2. The SMILES string of the molecule is Cc1cccc(C)c1OCCc1ncc(C(C)(C)O)s1. The number of aliphatic hydroxyl groups is 1. The van der Waals surface area contributed by atoms with Gasteiger partial charge in [0.25, 0.3) is 0 Å². The molecule has 0 aliphatic carbocycles. The zero-order chi connectivity index (χ0) is 14.8. The van der Waals surface area contributed by atoms with Crippen LogP contribution < -0.4 is 4.74 Å². The van der Waals surface area contributed by atoms with Crippen LogP contribution in [0.5, 0.6) is 5.75 Å². The largest absolute Gasteiger partial charge is 0.493 e. The predicted molar refractivity (Wildman–Crippen MR) is 82.5 cm³/mol. The molecule has 1 aromatic carbocycles. The van der Waals surface area contributed by atoms with Gasteiger partial charge in [-0.15, -0.1) is 11.3 Å². The Kier molecular flexibility index (Phi) is 4.45. The van der Waals surface area contributed by atoms with Crippen LogP contribution in [0.1, 0.15) is 34.9 Å². The van der Waals surface area contributed by atoms with E-state index in [9.17, 15) is 5.11 Å². The molecule has 0 radical (unpaired) electrons. The second-order valence-corrected chi connectivity index (χ2v) is 6.61. The second-order valence-electron chi connectivity index (χ2n) is 5.50. The molecule has 4 heteroatoms. The lowest BCUT2D eigenvalue weighted by Crippen LogP contribution is -2.12. The molecule has 0 spiro atoms. The van der Waals surface area contributed by atoms with Crippen LogP contribution in [-0.2, 0) is 12.0 Å². The average molecular weight is 291 g/mol. The number of nitrogens with zero attached hydrogens (tertiary/aromatic N) is 1. The third-order valence-electron chi connectivity index (χ3n) is 3.13. The molecule has 3 nitrogen and oxygen atoms in total. The minimum absolute atomic E-state index is 0.602. The number of hydrogen-bond acceptors (Lipinski definition) is 4. The van der Waals surface area contributed by atoms with E-state index in [1.165, 1.54) is 0 Å². The molecule has 0 atom stereocenters. The minimum atomic E-state index is -0.816.